The van der Waals surface area contributed by atoms with E-state index in [1.165, 1.54) is 0 Å². The Labute approximate surface area is 185 Å². The van der Waals surface area contributed by atoms with Crippen molar-refractivity contribution in [1.82, 2.24) is 19.6 Å². The molecule has 0 spiro atoms. The standard InChI is InChI=1S/C24H25N5OS/c1-3-28(4-2)13-5-12-26-23(30)19-10-11-21-22(14-19)31-24-27-20(16-29(21)24)18-8-6-17(15-25)7-9-18/h6-11,14,16H,3-5,12-13H2,1-2H3,(H,26,30). The Morgan fingerprint density at radius 2 is 1.97 bits per heavy atom. The van der Waals surface area contributed by atoms with Crippen LogP contribution in [0.25, 0.3) is 26.4 Å². The average molecular weight is 432 g/mol. The maximum atomic E-state index is 12.6. The van der Waals surface area contributed by atoms with Gasteiger partial charge in [0.15, 0.2) is 4.96 Å². The second-order valence-electron chi connectivity index (χ2n) is 7.39. The Hall–Kier alpha value is -3.21. The van der Waals surface area contributed by atoms with E-state index >= 15 is 0 Å². The maximum Gasteiger partial charge on any atom is 0.251 e. The number of carbonyl (C=O) groups is 1. The molecule has 0 aliphatic rings. The Morgan fingerprint density at radius 3 is 2.68 bits per heavy atom. The molecule has 31 heavy (non-hydrogen) atoms. The van der Waals surface area contributed by atoms with Crippen molar-refractivity contribution < 1.29 is 4.79 Å². The normalized spacial score (nSPS) is 11.3. The Morgan fingerprint density at radius 1 is 1.19 bits per heavy atom. The van der Waals surface area contributed by atoms with Crippen LogP contribution >= 0.6 is 11.3 Å². The zero-order valence-electron chi connectivity index (χ0n) is 17.8. The van der Waals surface area contributed by atoms with Gasteiger partial charge in [0, 0.05) is 23.9 Å². The largest absolute Gasteiger partial charge is 0.352 e. The highest BCUT2D eigenvalue weighted by Crippen LogP contribution is 2.30. The van der Waals surface area contributed by atoms with E-state index in [1.54, 1.807) is 23.5 Å². The second-order valence-corrected chi connectivity index (χ2v) is 8.40. The van der Waals surface area contributed by atoms with Gasteiger partial charge in [-0.1, -0.05) is 37.3 Å². The number of benzene rings is 2. The van der Waals surface area contributed by atoms with Crippen LogP contribution in [-0.4, -0.2) is 46.4 Å². The monoisotopic (exact) mass is 431 g/mol. The van der Waals surface area contributed by atoms with Crippen LogP contribution in [0, 0.1) is 11.3 Å². The summed E-state index contributed by atoms with van der Waals surface area (Å²) in [6.07, 6.45) is 2.95. The number of hydrogen-bond acceptors (Lipinski definition) is 5. The first kappa shape index (κ1) is 21.0. The molecule has 0 radical (unpaired) electrons. The van der Waals surface area contributed by atoms with Crippen LogP contribution in [0.5, 0.6) is 0 Å². The molecule has 2 aromatic carbocycles. The molecule has 6 nitrogen and oxygen atoms in total. The predicted molar refractivity (Wildman–Crippen MR) is 125 cm³/mol. The molecule has 4 aromatic rings. The fraction of sp³-hybridized carbons (Fsp3) is 0.292. The molecule has 1 amide bonds. The molecule has 0 aliphatic carbocycles. The van der Waals surface area contributed by atoms with Gasteiger partial charge in [0.05, 0.1) is 27.5 Å². The van der Waals surface area contributed by atoms with Crippen molar-refractivity contribution in [1.29, 1.82) is 5.26 Å². The van der Waals surface area contributed by atoms with E-state index in [2.05, 4.69) is 34.5 Å². The summed E-state index contributed by atoms with van der Waals surface area (Å²) in [6.45, 7) is 8.05. The number of nitriles is 1. The van der Waals surface area contributed by atoms with Crippen LogP contribution in [0.1, 0.15) is 36.2 Å². The van der Waals surface area contributed by atoms with Gasteiger partial charge in [0.1, 0.15) is 0 Å². The minimum absolute atomic E-state index is 0.0363. The molecule has 0 fully saturated rings. The number of nitrogens with zero attached hydrogens (tertiary/aromatic N) is 4. The van der Waals surface area contributed by atoms with Crippen molar-refractivity contribution in [2.75, 3.05) is 26.2 Å². The van der Waals surface area contributed by atoms with Gasteiger partial charge in [-0.15, -0.1) is 0 Å². The molecule has 0 bridgehead atoms. The van der Waals surface area contributed by atoms with Gasteiger partial charge in [0.2, 0.25) is 0 Å². The van der Waals surface area contributed by atoms with Gasteiger partial charge in [0.25, 0.3) is 5.91 Å². The van der Waals surface area contributed by atoms with Crippen LogP contribution in [0.3, 0.4) is 0 Å². The third-order valence-corrected chi connectivity index (χ3v) is 6.51. The lowest BCUT2D eigenvalue weighted by atomic mass is 10.1. The van der Waals surface area contributed by atoms with Crippen molar-refractivity contribution in [2.45, 2.75) is 20.3 Å². The summed E-state index contributed by atoms with van der Waals surface area (Å²) in [5.41, 5.74) is 4.18. The van der Waals surface area contributed by atoms with E-state index in [0.29, 0.717) is 17.7 Å². The molecule has 1 N–H and O–H groups in total. The lowest BCUT2D eigenvalue weighted by Gasteiger charge is -2.17. The molecule has 2 heterocycles. The van der Waals surface area contributed by atoms with Crippen LogP contribution < -0.4 is 5.32 Å². The number of hydrogen-bond donors (Lipinski definition) is 1. The van der Waals surface area contributed by atoms with E-state index in [0.717, 1.165) is 52.5 Å². The number of rotatable bonds is 8. The Bertz CT molecular complexity index is 1240. The SMILES string of the molecule is CCN(CC)CCCNC(=O)c1ccc2c(c1)sc1nc(-c3ccc(C#N)cc3)cn12. The van der Waals surface area contributed by atoms with Gasteiger partial charge < -0.3 is 10.2 Å². The van der Waals surface area contributed by atoms with Crippen molar-refractivity contribution in [3.05, 3.63) is 59.8 Å². The lowest BCUT2D eigenvalue weighted by Crippen LogP contribution is -2.29. The van der Waals surface area contributed by atoms with Gasteiger partial charge in [-0.3, -0.25) is 9.20 Å². The smallest absolute Gasteiger partial charge is 0.251 e. The van der Waals surface area contributed by atoms with E-state index in [1.807, 2.05) is 36.5 Å². The van der Waals surface area contributed by atoms with Crippen molar-refractivity contribution in [2.24, 2.45) is 0 Å². The fourth-order valence-electron chi connectivity index (χ4n) is 3.64. The quantitative estimate of drug-likeness (QED) is 0.416. The van der Waals surface area contributed by atoms with E-state index < -0.39 is 0 Å². The van der Waals surface area contributed by atoms with Gasteiger partial charge in [-0.05, 0) is 56.4 Å². The lowest BCUT2D eigenvalue weighted by molar-refractivity contribution is 0.0952. The summed E-state index contributed by atoms with van der Waals surface area (Å²) >= 11 is 1.57. The summed E-state index contributed by atoms with van der Waals surface area (Å²) in [7, 11) is 0. The third kappa shape index (κ3) is 4.46. The summed E-state index contributed by atoms with van der Waals surface area (Å²) in [6, 6.07) is 15.3. The number of nitrogens with one attached hydrogen (secondary N) is 1. The first-order valence-electron chi connectivity index (χ1n) is 10.6. The molecule has 0 unspecified atom stereocenters. The first-order chi connectivity index (χ1) is 15.1. The molecule has 0 saturated carbocycles. The molecule has 7 heteroatoms. The molecule has 2 aromatic heterocycles. The first-order valence-corrected chi connectivity index (χ1v) is 11.4. The van der Waals surface area contributed by atoms with Crippen LogP contribution in [0.4, 0.5) is 0 Å². The molecule has 0 atom stereocenters. The minimum atomic E-state index is -0.0363. The number of amides is 1. The highest BCUT2D eigenvalue weighted by atomic mass is 32.1. The highest BCUT2D eigenvalue weighted by molar-refractivity contribution is 7.23. The molecule has 0 aliphatic heterocycles. The van der Waals surface area contributed by atoms with Gasteiger partial charge in [-0.25, -0.2) is 4.98 Å². The van der Waals surface area contributed by atoms with Crippen LogP contribution in [0.2, 0.25) is 0 Å². The van der Waals surface area contributed by atoms with E-state index in [4.69, 9.17) is 10.2 Å². The zero-order valence-corrected chi connectivity index (χ0v) is 18.6. The number of fused-ring (bicyclic) bond motifs is 3. The molecule has 0 saturated heterocycles. The fourth-order valence-corrected chi connectivity index (χ4v) is 4.69. The zero-order chi connectivity index (χ0) is 21.8. The summed E-state index contributed by atoms with van der Waals surface area (Å²) in [5.74, 6) is -0.0363. The van der Waals surface area contributed by atoms with Gasteiger partial charge in [-0.2, -0.15) is 5.26 Å². The predicted octanol–water partition coefficient (Wildman–Crippen LogP) is 4.55. The van der Waals surface area contributed by atoms with Crippen molar-refractivity contribution >= 4 is 32.4 Å². The van der Waals surface area contributed by atoms with E-state index in [-0.39, 0.29) is 5.91 Å². The molecular formula is C24H25N5OS. The molecule has 158 valence electrons. The summed E-state index contributed by atoms with van der Waals surface area (Å²) in [5, 5.41) is 12.0. The number of aromatic nitrogens is 2. The Balaban J connectivity index is 1.48. The topological polar surface area (TPSA) is 73.4 Å². The number of imidazole rings is 1. The third-order valence-electron chi connectivity index (χ3n) is 5.50. The van der Waals surface area contributed by atoms with Crippen LogP contribution in [0.15, 0.2) is 48.7 Å². The highest BCUT2D eigenvalue weighted by Gasteiger charge is 2.13. The van der Waals surface area contributed by atoms with Crippen molar-refractivity contribution in [3.63, 3.8) is 0 Å². The van der Waals surface area contributed by atoms with Crippen molar-refractivity contribution in [3.8, 4) is 17.3 Å². The van der Waals surface area contributed by atoms with Crippen LogP contribution in [-0.2, 0) is 0 Å². The average Bonchev–Trinajstić information content (AvgIpc) is 3.36. The summed E-state index contributed by atoms with van der Waals surface area (Å²) in [4.78, 5) is 20.5. The molecule has 4 rings (SSSR count). The minimum Gasteiger partial charge on any atom is -0.352 e. The Kier molecular flexibility index (Phi) is 6.31. The second kappa shape index (κ2) is 9.29. The molecular weight excluding hydrogens is 406 g/mol. The number of carbonyl (C=O) groups excluding carboxylic acids is 1. The maximum absolute atomic E-state index is 12.6. The summed E-state index contributed by atoms with van der Waals surface area (Å²) < 4.78 is 3.09. The van der Waals surface area contributed by atoms with E-state index in [9.17, 15) is 4.79 Å². The number of thiazole rings is 1. The van der Waals surface area contributed by atoms with Gasteiger partial charge >= 0.3 is 0 Å².